The zero-order valence-electron chi connectivity index (χ0n) is 27.3. The molecule has 1 saturated heterocycles. The first-order chi connectivity index (χ1) is 23.4. The molecule has 0 unspecified atom stereocenters. The molecule has 0 spiro atoms. The summed E-state index contributed by atoms with van der Waals surface area (Å²) in [7, 11) is 4.19. The van der Waals surface area contributed by atoms with Gasteiger partial charge in [-0.25, -0.2) is 0 Å². The lowest BCUT2D eigenvalue weighted by Crippen LogP contribution is -3.00. The second kappa shape index (κ2) is 15.9. The van der Waals surface area contributed by atoms with Crippen molar-refractivity contribution in [3.63, 3.8) is 0 Å². The Labute approximate surface area is 302 Å². The van der Waals surface area contributed by atoms with E-state index in [0.29, 0.717) is 70.0 Å². The number of nitrogens with zero attached hydrogens (tertiary/aromatic N) is 8. The number of para-hydroxylation sites is 4. The van der Waals surface area contributed by atoms with Crippen LogP contribution in [0.5, 0.6) is 47.0 Å². The van der Waals surface area contributed by atoms with E-state index in [1.165, 1.54) is 0 Å². The molecular weight excluding hydrogens is 679 g/mol. The summed E-state index contributed by atoms with van der Waals surface area (Å²) in [4.78, 5) is 28.0. The van der Waals surface area contributed by atoms with Gasteiger partial charge in [0.15, 0.2) is 0 Å². The molecule has 14 heteroatoms. The van der Waals surface area contributed by atoms with Crippen LogP contribution in [-0.2, 0) is 0 Å². The normalized spacial score (nSPS) is 18.1. The van der Waals surface area contributed by atoms with Crippen molar-refractivity contribution >= 4 is 11.9 Å². The van der Waals surface area contributed by atoms with E-state index >= 15 is 0 Å². The largest absolute Gasteiger partial charge is 1.00 e. The second-order valence-electron chi connectivity index (χ2n) is 11.7. The SMILES string of the molecule is C[N+]1(c2nc(Oc3ccccc3)nc(Oc3ccccc3)n2)CC[N+](C)(c2nc(Oc3ccccc3)nc(Oc3ccccc3)n2)CC1.[Cl-].[Cl-]. The number of halogens is 2. The fourth-order valence-electron chi connectivity index (χ4n) is 5.20. The van der Waals surface area contributed by atoms with Gasteiger partial charge >= 0.3 is 35.9 Å². The topological polar surface area (TPSA) is 114 Å². The van der Waals surface area contributed by atoms with Crippen molar-refractivity contribution in [3.05, 3.63) is 121 Å². The van der Waals surface area contributed by atoms with Crippen LogP contribution >= 0.6 is 0 Å². The third-order valence-electron chi connectivity index (χ3n) is 8.11. The number of hydrogen-bond acceptors (Lipinski definition) is 10. The highest BCUT2D eigenvalue weighted by atomic mass is 35.5. The van der Waals surface area contributed by atoms with Crippen LogP contribution < -0.4 is 52.7 Å². The number of ether oxygens (including phenoxy) is 4. The van der Waals surface area contributed by atoms with Gasteiger partial charge in [-0.15, -0.1) is 29.9 Å². The van der Waals surface area contributed by atoms with E-state index in [0.717, 1.165) is 0 Å². The minimum atomic E-state index is 0. The lowest BCUT2D eigenvalue weighted by Gasteiger charge is -2.42. The van der Waals surface area contributed by atoms with Crippen molar-refractivity contribution < 1.29 is 43.8 Å². The molecule has 3 heterocycles. The van der Waals surface area contributed by atoms with Crippen molar-refractivity contribution in [3.8, 4) is 47.0 Å². The average Bonchev–Trinajstić information content (AvgIpc) is 3.11. The van der Waals surface area contributed by atoms with Gasteiger partial charge in [-0.3, -0.25) is 8.97 Å². The number of piperazine rings is 1. The fraction of sp³-hybridized carbons (Fsp3) is 0.167. The summed E-state index contributed by atoms with van der Waals surface area (Å²) in [6.07, 6.45) is 0. The van der Waals surface area contributed by atoms with Gasteiger partial charge in [0.2, 0.25) is 0 Å². The van der Waals surface area contributed by atoms with E-state index in [9.17, 15) is 0 Å². The first-order valence-corrected chi connectivity index (χ1v) is 15.6. The van der Waals surface area contributed by atoms with Crippen molar-refractivity contribution in [1.82, 2.24) is 38.9 Å². The van der Waals surface area contributed by atoms with E-state index in [1.54, 1.807) is 0 Å². The minimum Gasteiger partial charge on any atom is -1.00 e. The van der Waals surface area contributed by atoms with Crippen LogP contribution in [0.2, 0.25) is 0 Å². The molecule has 0 bridgehead atoms. The third-order valence-corrected chi connectivity index (χ3v) is 8.11. The zero-order valence-corrected chi connectivity index (χ0v) is 28.9. The monoisotopic (exact) mass is 712 g/mol. The van der Waals surface area contributed by atoms with E-state index in [-0.39, 0.29) is 48.9 Å². The van der Waals surface area contributed by atoms with Gasteiger partial charge in [-0.2, -0.15) is 0 Å². The van der Waals surface area contributed by atoms with E-state index in [2.05, 4.69) is 24.1 Å². The van der Waals surface area contributed by atoms with Gasteiger partial charge in [-0.05, 0) is 48.5 Å². The van der Waals surface area contributed by atoms with Crippen LogP contribution in [0.25, 0.3) is 0 Å². The van der Waals surface area contributed by atoms with Crippen molar-refractivity contribution in [1.29, 1.82) is 0 Å². The van der Waals surface area contributed by atoms with Gasteiger partial charge in [0, 0.05) is 0 Å². The molecule has 0 saturated carbocycles. The number of benzene rings is 4. The summed E-state index contributed by atoms with van der Waals surface area (Å²) in [6.45, 7) is 2.63. The smallest absolute Gasteiger partial charge is 0.338 e. The highest BCUT2D eigenvalue weighted by Crippen LogP contribution is 2.32. The molecule has 256 valence electrons. The minimum absolute atomic E-state index is 0. The predicted molar refractivity (Wildman–Crippen MR) is 181 cm³/mol. The first-order valence-electron chi connectivity index (χ1n) is 15.6. The second-order valence-corrected chi connectivity index (χ2v) is 11.7. The van der Waals surface area contributed by atoms with Gasteiger partial charge in [0.1, 0.15) is 49.2 Å². The quantitative estimate of drug-likeness (QED) is 0.189. The molecule has 6 aromatic rings. The zero-order chi connectivity index (χ0) is 32.8. The number of aromatic nitrogens is 6. The third kappa shape index (κ3) is 8.60. The molecule has 1 aliphatic rings. The van der Waals surface area contributed by atoms with Crippen LogP contribution in [0.1, 0.15) is 0 Å². The van der Waals surface area contributed by atoms with Crippen molar-refractivity contribution in [2.45, 2.75) is 0 Å². The molecule has 0 radical (unpaired) electrons. The number of quaternary nitrogens is 2. The maximum Gasteiger partial charge on any atom is 0.338 e. The molecule has 12 nitrogen and oxygen atoms in total. The molecule has 0 aliphatic carbocycles. The van der Waals surface area contributed by atoms with Crippen LogP contribution in [0.15, 0.2) is 121 Å². The summed E-state index contributed by atoms with van der Waals surface area (Å²) >= 11 is 0. The average molecular weight is 714 g/mol. The molecule has 4 aromatic carbocycles. The summed E-state index contributed by atoms with van der Waals surface area (Å²) in [6, 6.07) is 38.2. The van der Waals surface area contributed by atoms with Gasteiger partial charge in [0.05, 0.1) is 14.1 Å². The van der Waals surface area contributed by atoms with E-state index in [4.69, 9.17) is 38.9 Å². The highest BCUT2D eigenvalue weighted by molar-refractivity contribution is 5.37. The van der Waals surface area contributed by atoms with Crippen LogP contribution in [0.4, 0.5) is 11.9 Å². The lowest BCUT2D eigenvalue weighted by atomic mass is 10.2. The predicted octanol–water partition coefficient (Wildman–Crippen LogP) is 0.822. The van der Waals surface area contributed by atoms with Crippen molar-refractivity contribution in [2.75, 3.05) is 40.3 Å². The van der Waals surface area contributed by atoms with Crippen LogP contribution in [0, 0.1) is 0 Å². The standard InChI is InChI=1S/C36H34N8O4.2ClH/c1-43(31-37-33(45-27-15-7-3-8-16-27)41-34(38-31)46-28-17-9-4-10-18-28)23-25-44(2,26-24-43)32-39-35(47-29-19-11-5-12-20-29)42-36(40-32)48-30-21-13-6-14-22-30;;/h3-22H,23-26H2,1-2H3;2*1H/q+2;;/p-2. The molecule has 7 rings (SSSR count). The number of likely N-dealkylation sites (N-methyl/N-ethyl adjacent to an activating group) is 2. The molecule has 2 aromatic heterocycles. The lowest BCUT2D eigenvalue weighted by molar-refractivity contribution is -0.00100. The number of hydrogen-bond donors (Lipinski definition) is 0. The van der Waals surface area contributed by atoms with E-state index in [1.807, 2.05) is 121 Å². The molecule has 0 atom stereocenters. The summed E-state index contributed by atoms with van der Waals surface area (Å²) in [5.41, 5.74) is 0. The van der Waals surface area contributed by atoms with Crippen molar-refractivity contribution in [2.24, 2.45) is 0 Å². The summed E-state index contributed by atoms with van der Waals surface area (Å²) < 4.78 is 25.1. The Hall–Kier alpha value is -5.40. The van der Waals surface area contributed by atoms with Gasteiger partial charge in [0.25, 0.3) is 0 Å². The molecule has 50 heavy (non-hydrogen) atoms. The van der Waals surface area contributed by atoms with Gasteiger partial charge < -0.3 is 43.8 Å². The Balaban J connectivity index is 0.00000243. The fourth-order valence-corrected chi connectivity index (χ4v) is 5.20. The molecule has 1 aliphatic heterocycles. The van der Waals surface area contributed by atoms with Crippen LogP contribution in [-0.4, -0.2) is 70.2 Å². The summed E-state index contributed by atoms with van der Waals surface area (Å²) in [5, 5.41) is 0. The Morgan fingerprint density at radius 3 is 0.800 bits per heavy atom. The molecule has 0 N–H and O–H groups in total. The first kappa shape index (κ1) is 35.9. The molecule has 0 amide bonds. The molecular formula is C36H34Cl2N8O4. The Kier molecular flexibility index (Phi) is 11.4. The Morgan fingerprint density at radius 1 is 0.360 bits per heavy atom. The maximum absolute atomic E-state index is 6.06. The summed E-state index contributed by atoms with van der Waals surface area (Å²) in [5.74, 6) is 3.52. The van der Waals surface area contributed by atoms with E-state index < -0.39 is 0 Å². The Bertz CT molecular complexity index is 1710. The number of rotatable bonds is 10. The maximum atomic E-state index is 6.06. The molecule has 1 fully saturated rings. The Morgan fingerprint density at radius 2 is 0.580 bits per heavy atom. The van der Waals surface area contributed by atoms with Crippen LogP contribution in [0.3, 0.4) is 0 Å². The highest BCUT2D eigenvalue weighted by Gasteiger charge is 2.44. The van der Waals surface area contributed by atoms with Gasteiger partial charge in [-0.1, -0.05) is 72.8 Å².